The maximum Gasteiger partial charge on any atom is 0.304 e. The zero-order valence-corrected chi connectivity index (χ0v) is 10.6. The number of halogens is 2. The number of nitrogens with zero attached hydrogens (tertiary/aromatic N) is 1. The van der Waals surface area contributed by atoms with E-state index in [0.717, 1.165) is 6.42 Å². The number of aliphatic carboxylic acids is 1. The highest BCUT2D eigenvalue weighted by atomic mass is 19.3. The van der Waals surface area contributed by atoms with Crippen molar-refractivity contribution in [3.63, 3.8) is 0 Å². The molecule has 1 heterocycles. The Kier molecular flexibility index (Phi) is 4.14. The molecule has 104 valence electrons. The van der Waals surface area contributed by atoms with E-state index in [2.05, 4.69) is 0 Å². The molecule has 5 heteroatoms. The van der Waals surface area contributed by atoms with Crippen molar-refractivity contribution >= 4 is 5.97 Å². The number of benzene rings is 1. The second kappa shape index (κ2) is 5.65. The minimum absolute atomic E-state index is 0.0176. The number of rotatable bonds is 5. The third-order valence-corrected chi connectivity index (χ3v) is 3.51. The highest BCUT2D eigenvalue weighted by Gasteiger charge is 2.38. The Morgan fingerprint density at radius 3 is 2.68 bits per heavy atom. The van der Waals surface area contributed by atoms with Crippen LogP contribution in [-0.2, 0) is 10.7 Å². The van der Waals surface area contributed by atoms with Crippen molar-refractivity contribution in [3.8, 4) is 0 Å². The number of likely N-dealkylation sites (tertiary alicyclic amines) is 1. The van der Waals surface area contributed by atoms with Crippen molar-refractivity contribution < 1.29 is 18.7 Å². The van der Waals surface area contributed by atoms with Crippen molar-refractivity contribution in [1.82, 2.24) is 4.90 Å². The Morgan fingerprint density at radius 2 is 2.05 bits per heavy atom. The summed E-state index contributed by atoms with van der Waals surface area (Å²) in [6, 6.07) is 7.41. The van der Waals surface area contributed by atoms with E-state index in [1.807, 2.05) is 0 Å². The van der Waals surface area contributed by atoms with Crippen LogP contribution in [0.1, 0.15) is 24.8 Å². The summed E-state index contributed by atoms with van der Waals surface area (Å²) in [5.74, 6) is -3.87. The first kappa shape index (κ1) is 13.9. The number of carboxylic acid groups (broad SMARTS) is 1. The lowest BCUT2D eigenvalue weighted by Crippen LogP contribution is -2.39. The first-order valence-corrected chi connectivity index (χ1v) is 6.38. The van der Waals surface area contributed by atoms with Gasteiger partial charge >= 0.3 is 5.97 Å². The number of carboxylic acids is 1. The fourth-order valence-corrected chi connectivity index (χ4v) is 2.56. The predicted molar refractivity (Wildman–Crippen MR) is 67.2 cm³/mol. The molecule has 1 aromatic rings. The molecule has 0 amide bonds. The summed E-state index contributed by atoms with van der Waals surface area (Å²) in [6.07, 6.45) is 1.39. The van der Waals surface area contributed by atoms with Crippen LogP contribution in [0, 0.1) is 0 Å². The van der Waals surface area contributed by atoms with Gasteiger partial charge in [-0.15, -0.1) is 0 Å². The van der Waals surface area contributed by atoms with E-state index in [0.29, 0.717) is 13.0 Å². The van der Waals surface area contributed by atoms with Crippen molar-refractivity contribution in [2.24, 2.45) is 0 Å². The third kappa shape index (κ3) is 3.50. The smallest absolute Gasteiger partial charge is 0.304 e. The molecule has 0 bridgehead atoms. The molecule has 1 saturated heterocycles. The van der Waals surface area contributed by atoms with Gasteiger partial charge in [-0.05, 0) is 19.4 Å². The molecule has 0 radical (unpaired) electrons. The third-order valence-electron chi connectivity index (χ3n) is 3.51. The van der Waals surface area contributed by atoms with Crippen LogP contribution in [0.5, 0.6) is 0 Å². The molecule has 0 aromatic heterocycles. The highest BCUT2D eigenvalue weighted by molar-refractivity contribution is 5.67. The van der Waals surface area contributed by atoms with Crippen molar-refractivity contribution in [2.75, 3.05) is 13.1 Å². The predicted octanol–water partition coefficient (Wildman–Crippen LogP) is 2.72. The minimum Gasteiger partial charge on any atom is -0.481 e. The molecule has 1 aromatic carbocycles. The van der Waals surface area contributed by atoms with Gasteiger partial charge in [0.05, 0.1) is 13.0 Å². The van der Waals surface area contributed by atoms with E-state index in [9.17, 15) is 13.6 Å². The van der Waals surface area contributed by atoms with E-state index in [4.69, 9.17) is 5.11 Å². The van der Waals surface area contributed by atoms with Crippen LogP contribution in [0.15, 0.2) is 30.3 Å². The second-order valence-corrected chi connectivity index (χ2v) is 4.93. The fourth-order valence-electron chi connectivity index (χ4n) is 2.56. The number of hydrogen-bond donors (Lipinski definition) is 1. The lowest BCUT2D eigenvalue weighted by atomic mass is 10.1. The zero-order chi connectivity index (χ0) is 13.9. The normalized spacial score (nSPS) is 20.6. The average Bonchev–Trinajstić information content (AvgIpc) is 2.76. The minimum atomic E-state index is -2.94. The van der Waals surface area contributed by atoms with Gasteiger partial charge in [-0.3, -0.25) is 9.69 Å². The molecule has 0 aliphatic carbocycles. The van der Waals surface area contributed by atoms with Crippen LogP contribution in [0.3, 0.4) is 0 Å². The molecule has 1 atom stereocenters. The summed E-state index contributed by atoms with van der Waals surface area (Å²) in [5.41, 5.74) is -0.0176. The van der Waals surface area contributed by atoms with Crippen LogP contribution in [0.2, 0.25) is 0 Å². The van der Waals surface area contributed by atoms with Crippen LogP contribution >= 0.6 is 0 Å². The molecule has 0 spiro atoms. The molecular formula is C14H17F2NO2. The fraction of sp³-hybridized carbons (Fsp3) is 0.500. The lowest BCUT2D eigenvalue weighted by Gasteiger charge is -2.28. The molecule has 3 nitrogen and oxygen atoms in total. The molecule has 1 fully saturated rings. The molecule has 1 aliphatic rings. The van der Waals surface area contributed by atoms with E-state index in [1.54, 1.807) is 23.1 Å². The molecular weight excluding hydrogens is 252 g/mol. The van der Waals surface area contributed by atoms with Crippen LogP contribution < -0.4 is 0 Å². The highest BCUT2D eigenvalue weighted by Crippen LogP contribution is 2.32. The monoisotopic (exact) mass is 269 g/mol. The van der Waals surface area contributed by atoms with Gasteiger partial charge in [0.1, 0.15) is 0 Å². The molecule has 1 aliphatic heterocycles. The first-order valence-electron chi connectivity index (χ1n) is 6.38. The Bertz CT molecular complexity index is 436. The molecule has 19 heavy (non-hydrogen) atoms. The summed E-state index contributed by atoms with van der Waals surface area (Å²) in [5, 5.41) is 8.79. The van der Waals surface area contributed by atoms with Crippen LogP contribution in [-0.4, -0.2) is 35.1 Å². The summed E-state index contributed by atoms with van der Waals surface area (Å²) in [4.78, 5) is 12.3. The lowest BCUT2D eigenvalue weighted by molar-refractivity contribution is -0.138. The SMILES string of the molecule is O=C(O)CC1CCCN1CC(F)(F)c1ccccc1. The van der Waals surface area contributed by atoms with Gasteiger partial charge in [0.2, 0.25) is 0 Å². The zero-order valence-electron chi connectivity index (χ0n) is 10.6. The Morgan fingerprint density at radius 1 is 1.37 bits per heavy atom. The molecule has 1 unspecified atom stereocenters. The van der Waals surface area contributed by atoms with Crippen molar-refractivity contribution in [1.29, 1.82) is 0 Å². The van der Waals surface area contributed by atoms with Crippen molar-refractivity contribution in [2.45, 2.75) is 31.2 Å². The second-order valence-electron chi connectivity index (χ2n) is 4.93. The molecule has 2 rings (SSSR count). The number of carbonyl (C=O) groups is 1. The van der Waals surface area contributed by atoms with E-state index in [-0.39, 0.29) is 18.0 Å². The number of alkyl halides is 2. The Hall–Kier alpha value is -1.49. The standard InChI is InChI=1S/C14H17F2NO2/c15-14(16,11-5-2-1-3-6-11)10-17-8-4-7-12(17)9-13(18)19/h1-3,5-6,12H,4,7-10H2,(H,18,19). The topological polar surface area (TPSA) is 40.5 Å². The maximum atomic E-state index is 14.1. The van der Waals surface area contributed by atoms with Gasteiger partial charge in [-0.1, -0.05) is 30.3 Å². The van der Waals surface area contributed by atoms with Gasteiger partial charge < -0.3 is 5.11 Å². The summed E-state index contributed by atoms with van der Waals surface area (Å²) < 4.78 is 28.3. The van der Waals surface area contributed by atoms with Gasteiger partial charge in [-0.25, -0.2) is 0 Å². The largest absolute Gasteiger partial charge is 0.481 e. The summed E-state index contributed by atoms with van der Waals surface area (Å²) in [7, 11) is 0. The van der Waals surface area contributed by atoms with E-state index < -0.39 is 18.4 Å². The first-order chi connectivity index (χ1) is 8.99. The van der Waals surface area contributed by atoms with E-state index >= 15 is 0 Å². The Balaban J connectivity index is 2.05. The summed E-state index contributed by atoms with van der Waals surface area (Å²) >= 11 is 0. The molecule has 1 N–H and O–H groups in total. The van der Waals surface area contributed by atoms with Crippen LogP contribution in [0.25, 0.3) is 0 Å². The quantitative estimate of drug-likeness (QED) is 0.893. The van der Waals surface area contributed by atoms with E-state index in [1.165, 1.54) is 12.1 Å². The van der Waals surface area contributed by atoms with Gasteiger partial charge in [0.15, 0.2) is 0 Å². The van der Waals surface area contributed by atoms with Gasteiger partial charge in [0.25, 0.3) is 5.92 Å². The van der Waals surface area contributed by atoms with Gasteiger partial charge in [-0.2, -0.15) is 8.78 Å². The van der Waals surface area contributed by atoms with Gasteiger partial charge in [0, 0.05) is 11.6 Å². The Labute approximate surface area is 110 Å². The van der Waals surface area contributed by atoms with Crippen molar-refractivity contribution in [3.05, 3.63) is 35.9 Å². The van der Waals surface area contributed by atoms with Crippen LogP contribution in [0.4, 0.5) is 8.78 Å². The average molecular weight is 269 g/mol. The molecule has 0 saturated carbocycles. The maximum absolute atomic E-state index is 14.1. The number of hydrogen-bond acceptors (Lipinski definition) is 2. The summed E-state index contributed by atoms with van der Waals surface area (Å²) in [6.45, 7) is 0.134.